The van der Waals surface area contributed by atoms with Gasteiger partial charge in [0.25, 0.3) is 5.91 Å². The zero-order valence-corrected chi connectivity index (χ0v) is 18.6. The van der Waals surface area contributed by atoms with Gasteiger partial charge in [0.15, 0.2) is 0 Å². The maximum absolute atomic E-state index is 12.9. The van der Waals surface area contributed by atoms with Crippen molar-refractivity contribution in [1.29, 1.82) is 0 Å². The van der Waals surface area contributed by atoms with E-state index in [1.54, 1.807) is 6.07 Å². The van der Waals surface area contributed by atoms with Crippen LogP contribution in [0.2, 0.25) is 5.02 Å². The van der Waals surface area contributed by atoms with E-state index in [0.717, 1.165) is 30.4 Å². The van der Waals surface area contributed by atoms with Crippen LogP contribution in [0.3, 0.4) is 0 Å². The average Bonchev–Trinajstić information content (AvgIpc) is 3.22. The zero-order valence-electron chi connectivity index (χ0n) is 17.0. The van der Waals surface area contributed by atoms with E-state index in [-0.39, 0.29) is 27.4 Å². The number of carbonyl (C=O) groups excluding carboxylic acids is 1. The molecule has 0 aliphatic carbocycles. The SMILES string of the molecule is CCC(NC(=O)c1ccc(Cl)c(S(=O)(=O)N2CCCC2)c1)c1ccc(C)cc1C. The van der Waals surface area contributed by atoms with E-state index < -0.39 is 10.0 Å². The van der Waals surface area contributed by atoms with E-state index in [1.165, 1.54) is 22.0 Å². The molecule has 1 aliphatic heterocycles. The second kappa shape index (κ2) is 8.86. The number of carbonyl (C=O) groups is 1. The van der Waals surface area contributed by atoms with Crippen LogP contribution in [-0.2, 0) is 10.0 Å². The van der Waals surface area contributed by atoms with E-state index in [1.807, 2.05) is 32.9 Å². The van der Waals surface area contributed by atoms with Gasteiger partial charge in [-0.3, -0.25) is 4.79 Å². The summed E-state index contributed by atoms with van der Waals surface area (Å²) < 4.78 is 27.3. The quantitative estimate of drug-likeness (QED) is 0.721. The Bertz CT molecular complexity index is 1010. The Morgan fingerprint density at radius 3 is 2.45 bits per heavy atom. The molecule has 29 heavy (non-hydrogen) atoms. The summed E-state index contributed by atoms with van der Waals surface area (Å²) in [6.07, 6.45) is 2.40. The largest absolute Gasteiger partial charge is 0.345 e. The number of sulfonamides is 1. The standard InChI is InChI=1S/C22H27ClN2O3S/c1-4-20(18-9-7-15(2)13-16(18)3)24-22(26)17-8-10-19(23)21(14-17)29(27,28)25-11-5-6-12-25/h7-10,13-14,20H,4-6,11-12H2,1-3H3,(H,24,26). The molecule has 2 aromatic rings. The molecule has 0 aromatic heterocycles. The molecular formula is C22H27ClN2O3S. The lowest BCUT2D eigenvalue weighted by Crippen LogP contribution is -2.30. The van der Waals surface area contributed by atoms with Crippen molar-refractivity contribution in [3.63, 3.8) is 0 Å². The summed E-state index contributed by atoms with van der Waals surface area (Å²) in [7, 11) is -3.70. The van der Waals surface area contributed by atoms with E-state index in [4.69, 9.17) is 11.6 Å². The van der Waals surface area contributed by atoms with Crippen molar-refractivity contribution in [1.82, 2.24) is 9.62 Å². The monoisotopic (exact) mass is 434 g/mol. The molecule has 7 heteroatoms. The van der Waals surface area contributed by atoms with Gasteiger partial charge in [-0.1, -0.05) is 42.3 Å². The lowest BCUT2D eigenvalue weighted by atomic mass is 9.97. The molecule has 1 aliphatic rings. The third-order valence-corrected chi connectivity index (χ3v) is 7.77. The van der Waals surface area contributed by atoms with Gasteiger partial charge in [0.05, 0.1) is 11.1 Å². The maximum atomic E-state index is 12.9. The molecule has 1 saturated heterocycles. The second-order valence-electron chi connectivity index (χ2n) is 7.55. The number of hydrogen-bond donors (Lipinski definition) is 1. The molecule has 5 nitrogen and oxygen atoms in total. The van der Waals surface area contributed by atoms with Crippen molar-refractivity contribution in [3.05, 3.63) is 63.7 Å². The van der Waals surface area contributed by atoms with Crippen LogP contribution in [0.25, 0.3) is 0 Å². The molecule has 3 rings (SSSR count). The zero-order chi connectivity index (χ0) is 21.2. The molecule has 0 bridgehead atoms. The summed E-state index contributed by atoms with van der Waals surface area (Å²) in [5, 5.41) is 3.17. The molecule has 156 valence electrons. The number of nitrogens with one attached hydrogen (secondary N) is 1. The predicted molar refractivity (Wildman–Crippen MR) is 116 cm³/mol. The Balaban J connectivity index is 1.87. The van der Waals surface area contributed by atoms with Gasteiger partial charge in [-0.05, 0) is 62.4 Å². The lowest BCUT2D eigenvalue weighted by Gasteiger charge is -2.21. The van der Waals surface area contributed by atoms with Crippen molar-refractivity contribution in [3.8, 4) is 0 Å². The van der Waals surface area contributed by atoms with Gasteiger partial charge >= 0.3 is 0 Å². The highest BCUT2D eigenvalue weighted by Gasteiger charge is 2.30. The van der Waals surface area contributed by atoms with Crippen molar-refractivity contribution in [2.24, 2.45) is 0 Å². The van der Waals surface area contributed by atoms with Crippen LogP contribution >= 0.6 is 11.6 Å². The second-order valence-corrected chi connectivity index (χ2v) is 9.86. The first-order valence-corrected chi connectivity index (χ1v) is 11.7. The van der Waals surface area contributed by atoms with Crippen LogP contribution in [0.15, 0.2) is 41.3 Å². The molecule has 1 N–H and O–H groups in total. The third-order valence-electron chi connectivity index (χ3n) is 5.39. The number of aryl methyl sites for hydroxylation is 2. The molecule has 0 saturated carbocycles. The predicted octanol–water partition coefficient (Wildman–Crippen LogP) is 4.62. The van der Waals surface area contributed by atoms with Crippen LogP contribution < -0.4 is 5.32 Å². The van der Waals surface area contributed by atoms with E-state index in [2.05, 4.69) is 11.4 Å². The fourth-order valence-corrected chi connectivity index (χ4v) is 5.79. The Morgan fingerprint density at radius 2 is 1.83 bits per heavy atom. The summed E-state index contributed by atoms with van der Waals surface area (Å²) in [6, 6.07) is 10.4. The summed E-state index contributed by atoms with van der Waals surface area (Å²) in [5.74, 6) is -0.314. The molecule has 2 aromatic carbocycles. The first-order chi connectivity index (χ1) is 13.7. The fourth-order valence-electron chi connectivity index (χ4n) is 3.77. The number of halogens is 1. The normalized spacial score (nSPS) is 16.0. The van der Waals surface area contributed by atoms with Crippen LogP contribution in [0.4, 0.5) is 0 Å². The average molecular weight is 435 g/mol. The van der Waals surface area contributed by atoms with Crippen molar-refractivity contribution >= 4 is 27.5 Å². The summed E-state index contributed by atoms with van der Waals surface area (Å²) in [5.41, 5.74) is 3.63. The number of hydrogen-bond acceptors (Lipinski definition) is 3. The van der Waals surface area contributed by atoms with Crippen LogP contribution in [-0.4, -0.2) is 31.7 Å². The highest BCUT2D eigenvalue weighted by Crippen LogP contribution is 2.29. The first kappa shape index (κ1) is 21.8. The molecule has 1 fully saturated rings. The summed E-state index contributed by atoms with van der Waals surface area (Å²) in [4.78, 5) is 12.9. The van der Waals surface area contributed by atoms with Crippen LogP contribution in [0.1, 0.15) is 59.3 Å². The third kappa shape index (κ3) is 4.65. The maximum Gasteiger partial charge on any atom is 0.251 e. The van der Waals surface area contributed by atoms with Gasteiger partial charge in [0.2, 0.25) is 10.0 Å². The number of nitrogens with zero attached hydrogens (tertiary/aromatic N) is 1. The van der Waals surface area contributed by atoms with E-state index >= 15 is 0 Å². The van der Waals surface area contributed by atoms with Gasteiger partial charge in [0, 0.05) is 18.7 Å². The molecule has 0 spiro atoms. The minimum absolute atomic E-state index is 0.00622. The molecule has 1 amide bonds. The molecule has 1 heterocycles. The van der Waals surface area contributed by atoms with Crippen molar-refractivity contribution < 1.29 is 13.2 Å². The Hall–Kier alpha value is -1.89. The topological polar surface area (TPSA) is 66.5 Å². The number of rotatable bonds is 6. The van der Waals surface area contributed by atoms with Crippen LogP contribution in [0.5, 0.6) is 0 Å². The van der Waals surface area contributed by atoms with Gasteiger partial charge in [-0.25, -0.2) is 8.42 Å². The fraction of sp³-hybridized carbons (Fsp3) is 0.409. The minimum atomic E-state index is -3.70. The van der Waals surface area contributed by atoms with Crippen LogP contribution in [0, 0.1) is 13.8 Å². The van der Waals surface area contributed by atoms with Gasteiger partial charge in [-0.15, -0.1) is 0 Å². The Labute approximate surface area is 178 Å². The summed E-state index contributed by atoms with van der Waals surface area (Å²) >= 11 is 6.19. The molecular weight excluding hydrogens is 408 g/mol. The lowest BCUT2D eigenvalue weighted by molar-refractivity contribution is 0.0935. The molecule has 0 radical (unpaired) electrons. The van der Waals surface area contributed by atoms with Crippen molar-refractivity contribution in [2.45, 2.75) is 51.0 Å². The summed E-state index contributed by atoms with van der Waals surface area (Å²) in [6.45, 7) is 7.04. The van der Waals surface area contributed by atoms with Gasteiger partial charge in [0.1, 0.15) is 4.90 Å². The highest BCUT2D eigenvalue weighted by atomic mass is 35.5. The Morgan fingerprint density at radius 1 is 1.14 bits per heavy atom. The molecule has 1 unspecified atom stereocenters. The van der Waals surface area contributed by atoms with Crippen molar-refractivity contribution in [2.75, 3.05) is 13.1 Å². The highest BCUT2D eigenvalue weighted by molar-refractivity contribution is 7.89. The number of amides is 1. The van der Waals surface area contributed by atoms with E-state index in [0.29, 0.717) is 13.1 Å². The molecule has 1 atom stereocenters. The minimum Gasteiger partial charge on any atom is -0.345 e. The van der Waals surface area contributed by atoms with Gasteiger partial charge < -0.3 is 5.32 Å². The van der Waals surface area contributed by atoms with E-state index in [9.17, 15) is 13.2 Å². The first-order valence-electron chi connectivity index (χ1n) is 9.91. The number of benzene rings is 2. The Kier molecular flexibility index (Phi) is 6.66. The van der Waals surface area contributed by atoms with Gasteiger partial charge in [-0.2, -0.15) is 4.31 Å². The smallest absolute Gasteiger partial charge is 0.251 e.